The van der Waals surface area contributed by atoms with E-state index < -0.39 is 0 Å². The van der Waals surface area contributed by atoms with Crippen LogP contribution in [0.3, 0.4) is 0 Å². The Morgan fingerprint density at radius 1 is 1.44 bits per heavy atom. The van der Waals surface area contributed by atoms with Gasteiger partial charge in [0.2, 0.25) is 0 Å². The minimum atomic E-state index is 0.285. The average molecular weight is 254 g/mol. The molecule has 0 amide bonds. The largest absolute Gasteiger partial charge is 0.380 e. The summed E-state index contributed by atoms with van der Waals surface area (Å²) in [5, 5.41) is 3.68. The number of ether oxygens (including phenoxy) is 1. The molecule has 0 spiro atoms. The highest BCUT2D eigenvalue weighted by atomic mass is 16.5. The van der Waals surface area contributed by atoms with Gasteiger partial charge in [0.05, 0.1) is 6.61 Å². The number of likely N-dealkylation sites (tertiary alicyclic amines) is 1. The maximum absolute atomic E-state index is 5.72. The van der Waals surface area contributed by atoms with E-state index in [0.29, 0.717) is 6.04 Å². The highest BCUT2D eigenvalue weighted by Crippen LogP contribution is 2.32. The van der Waals surface area contributed by atoms with E-state index in [-0.39, 0.29) is 5.54 Å². The summed E-state index contributed by atoms with van der Waals surface area (Å²) in [5.74, 6) is 0. The Bertz CT molecular complexity index is 251. The van der Waals surface area contributed by atoms with Crippen molar-refractivity contribution < 1.29 is 4.74 Å². The van der Waals surface area contributed by atoms with Crippen molar-refractivity contribution in [1.82, 2.24) is 10.2 Å². The summed E-state index contributed by atoms with van der Waals surface area (Å²) < 4.78 is 5.72. The van der Waals surface area contributed by atoms with E-state index >= 15 is 0 Å². The molecule has 0 aromatic heterocycles. The summed E-state index contributed by atoms with van der Waals surface area (Å²) in [6.07, 6.45) is 6.33. The molecule has 0 aromatic rings. The number of piperidine rings is 1. The lowest BCUT2D eigenvalue weighted by molar-refractivity contribution is -0.0684. The molecule has 2 aliphatic rings. The molecule has 3 atom stereocenters. The van der Waals surface area contributed by atoms with Crippen LogP contribution in [0.5, 0.6) is 0 Å². The Labute approximate surface area is 112 Å². The van der Waals surface area contributed by atoms with Crippen molar-refractivity contribution in [2.24, 2.45) is 0 Å². The zero-order valence-electron chi connectivity index (χ0n) is 12.4. The Morgan fingerprint density at radius 3 is 2.89 bits per heavy atom. The van der Waals surface area contributed by atoms with Crippen molar-refractivity contribution in [3.63, 3.8) is 0 Å². The average Bonchev–Trinajstić information content (AvgIpc) is 2.37. The van der Waals surface area contributed by atoms with Crippen molar-refractivity contribution in [2.45, 2.75) is 70.5 Å². The van der Waals surface area contributed by atoms with Gasteiger partial charge in [0.15, 0.2) is 0 Å². The van der Waals surface area contributed by atoms with E-state index in [1.807, 2.05) is 0 Å². The van der Waals surface area contributed by atoms with Gasteiger partial charge in [-0.3, -0.25) is 4.90 Å². The van der Waals surface area contributed by atoms with Crippen LogP contribution in [-0.2, 0) is 4.74 Å². The van der Waals surface area contributed by atoms with Crippen molar-refractivity contribution in [3.05, 3.63) is 0 Å². The molecule has 2 aliphatic heterocycles. The van der Waals surface area contributed by atoms with Gasteiger partial charge in [-0.25, -0.2) is 0 Å². The van der Waals surface area contributed by atoms with E-state index in [1.54, 1.807) is 0 Å². The van der Waals surface area contributed by atoms with Crippen molar-refractivity contribution >= 4 is 0 Å². The van der Waals surface area contributed by atoms with Gasteiger partial charge >= 0.3 is 0 Å². The van der Waals surface area contributed by atoms with Crippen LogP contribution in [0.25, 0.3) is 0 Å². The highest BCUT2D eigenvalue weighted by molar-refractivity contribution is 4.95. The molecule has 106 valence electrons. The number of nitrogens with one attached hydrogen (secondary N) is 1. The van der Waals surface area contributed by atoms with Crippen LogP contribution in [0.4, 0.5) is 0 Å². The Morgan fingerprint density at radius 2 is 2.28 bits per heavy atom. The minimum Gasteiger partial charge on any atom is -0.380 e. The zero-order valence-corrected chi connectivity index (χ0v) is 12.4. The zero-order chi connectivity index (χ0) is 13.0. The molecule has 0 saturated carbocycles. The second-order valence-corrected chi connectivity index (χ2v) is 6.37. The third kappa shape index (κ3) is 3.25. The van der Waals surface area contributed by atoms with Gasteiger partial charge in [0.25, 0.3) is 0 Å². The van der Waals surface area contributed by atoms with Crippen LogP contribution in [0.1, 0.15) is 52.9 Å². The molecule has 0 aromatic carbocycles. The molecule has 2 rings (SSSR count). The van der Waals surface area contributed by atoms with Gasteiger partial charge in [-0.2, -0.15) is 0 Å². The smallest absolute Gasteiger partial charge is 0.0647 e. The Balaban J connectivity index is 1.88. The van der Waals surface area contributed by atoms with E-state index in [9.17, 15) is 0 Å². The molecular weight excluding hydrogens is 224 g/mol. The van der Waals surface area contributed by atoms with Gasteiger partial charge in [0, 0.05) is 30.8 Å². The second kappa shape index (κ2) is 6.36. The molecule has 18 heavy (non-hydrogen) atoms. The van der Waals surface area contributed by atoms with E-state index in [2.05, 4.69) is 31.0 Å². The summed E-state index contributed by atoms with van der Waals surface area (Å²) in [7, 11) is 0. The molecule has 2 fully saturated rings. The van der Waals surface area contributed by atoms with Crippen LogP contribution in [0.15, 0.2) is 0 Å². The summed E-state index contributed by atoms with van der Waals surface area (Å²) in [6.45, 7) is 11.3. The molecule has 0 radical (unpaired) electrons. The van der Waals surface area contributed by atoms with Crippen LogP contribution in [-0.4, -0.2) is 48.8 Å². The normalized spacial score (nSPS) is 38.8. The molecule has 0 bridgehead atoms. The maximum atomic E-state index is 5.72. The van der Waals surface area contributed by atoms with Crippen LogP contribution < -0.4 is 5.32 Å². The molecule has 3 heteroatoms. The Kier molecular flexibility index (Phi) is 5.05. The molecule has 3 nitrogen and oxygen atoms in total. The fourth-order valence-electron chi connectivity index (χ4n) is 3.65. The topological polar surface area (TPSA) is 24.5 Å². The van der Waals surface area contributed by atoms with Crippen LogP contribution >= 0.6 is 0 Å². The van der Waals surface area contributed by atoms with E-state index in [0.717, 1.165) is 25.8 Å². The van der Waals surface area contributed by atoms with Crippen molar-refractivity contribution in [1.29, 1.82) is 0 Å². The lowest BCUT2D eigenvalue weighted by atomic mass is 9.86. The first kappa shape index (κ1) is 14.3. The summed E-state index contributed by atoms with van der Waals surface area (Å²) >= 11 is 0. The molecule has 2 saturated heterocycles. The standard InChI is InChI=1S/C15H30N2O/c1-4-8-16-14-6-9-17(13(2)11-14)15(3)7-5-10-18-12-15/h13-14,16H,4-12H2,1-3H3. The number of hydrogen-bond donors (Lipinski definition) is 1. The van der Waals surface area contributed by atoms with E-state index in [4.69, 9.17) is 4.74 Å². The third-order valence-electron chi connectivity index (χ3n) is 4.67. The summed E-state index contributed by atoms with van der Waals surface area (Å²) in [6, 6.07) is 1.41. The SMILES string of the molecule is CCCNC1CCN(C2(C)CCCOC2)C(C)C1. The molecule has 3 unspecified atom stereocenters. The van der Waals surface area contributed by atoms with Gasteiger partial charge in [-0.15, -0.1) is 0 Å². The second-order valence-electron chi connectivity index (χ2n) is 6.37. The van der Waals surface area contributed by atoms with Gasteiger partial charge in [-0.1, -0.05) is 6.92 Å². The van der Waals surface area contributed by atoms with Crippen LogP contribution in [0, 0.1) is 0 Å². The monoisotopic (exact) mass is 254 g/mol. The van der Waals surface area contributed by atoms with Gasteiger partial charge in [-0.05, 0) is 52.5 Å². The quantitative estimate of drug-likeness (QED) is 0.834. The molecule has 0 aliphatic carbocycles. The summed E-state index contributed by atoms with van der Waals surface area (Å²) in [5.41, 5.74) is 0.285. The van der Waals surface area contributed by atoms with Crippen LogP contribution in [0.2, 0.25) is 0 Å². The number of nitrogens with zero attached hydrogens (tertiary/aromatic N) is 1. The molecule has 2 heterocycles. The summed E-state index contributed by atoms with van der Waals surface area (Å²) in [4.78, 5) is 2.70. The van der Waals surface area contributed by atoms with Crippen molar-refractivity contribution in [3.8, 4) is 0 Å². The fourth-order valence-corrected chi connectivity index (χ4v) is 3.65. The van der Waals surface area contributed by atoms with Crippen molar-refractivity contribution in [2.75, 3.05) is 26.3 Å². The highest BCUT2D eigenvalue weighted by Gasteiger charge is 2.39. The first-order valence-corrected chi connectivity index (χ1v) is 7.73. The first-order valence-electron chi connectivity index (χ1n) is 7.73. The predicted molar refractivity (Wildman–Crippen MR) is 75.9 cm³/mol. The minimum absolute atomic E-state index is 0.285. The lowest BCUT2D eigenvalue weighted by Crippen LogP contribution is -2.59. The Hall–Kier alpha value is -0.120. The first-order chi connectivity index (χ1) is 8.65. The molecule has 1 N–H and O–H groups in total. The number of hydrogen-bond acceptors (Lipinski definition) is 3. The lowest BCUT2D eigenvalue weighted by Gasteiger charge is -2.50. The third-order valence-corrected chi connectivity index (χ3v) is 4.67. The van der Waals surface area contributed by atoms with E-state index in [1.165, 1.54) is 38.6 Å². The maximum Gasteiger partial charge on any atom is 0.0647 e. The molecular formula is C15H30N2O. The fraction of sp³-hybridized carbons (Fsp3) is 1.00. The predicted octanol–water partition coefficient (Wildman–Crippen LogP) is 2.41. The number of rotatable bonds is 4. The van der Waals surface area contributed by atoms with Gasteiger partial charge in [0.1, 0.15) is 0 Å². The van der Waals surface area contributed by atoms with Gasteiger partial charge < -0.3 is 10.1 Å².